The Hall–Kier alpha value is -3.17. The van der Waals surface area contributed by atoms with Crippen molar-refractivity contribution < 1.29 is 23.0 Å². The highest BCUT2D eigenvalue weighted by molar-refractivity contribution is 5.80. The van der Waals surface area contributed by atoms with E-state index in [0.717, 1.165) is 12.5 Å². The van der Waals surface area contributed by atoms with Gasteiger partial charge in [-0.2, -0.15) is 0 Å². The number of pyridine rings is 1. The third-order valence-corrected chi connectivity index (χ3v) is 5.82. The summed E-state index contributed by atoms with van der Waals surface area (Å²) in [6, 6.07) is 6.86. The van der Waals surface area contributed by atoms with Crippen molar-refractivity contribution >= 4 is 11.2 Å². The van der Waals surface area contributed by atoms with Gasteiger partial charge in [0, 0.05) is 37.2 Å². The van der Waals surface area contributed by atoms with E-state index in [0.29, 0.717) is 53.3 Å². The molecule has 0 aliphatic rings. The van der Waals surface area contributed by atoms with Gasteiger partial charge < -0.3 is 19.2 Å². The smallest absolute Gasteiger partial charge is 0.247 e. The Bertz CT molecular complexity index is 1300. The highest BCUT2D eigenvalue weighted by atomic mass is 19.1. The van der Waals surface area contributed by atoms with E-state index in [9.17, 15) is 13.9 Å². The number of methoxy groups -OCH3 is 1. The molecule has 9 heteroatoms. The number of aliphatic hydroxyl groups excluding tert-OH is 1. The Balaban J connectivity index is 1.77. The normalized spacial score (nSPS) is 13.0. The van der Waals surface area contributed by atoms with E-state index >= 15 is 0 Å². The number of halogens is 2. The summed E-state index contributed by atoms with van der Waals surface area (Å²) in [5.74, 6) is -0.0519. The lowest BCUT2D eigenvalue weighted by molar-refractivity contribution is 0.178. The molecule has 0 aliphatic heterocycles. The molecule has 0 radical (unpaired) electrons. The second-order valence-corrected chi connectivity index (χ2v) is 9.19. The Morgan fingerprint density at radius 1 is 1.15 bits per heavy atom. The van der Waals surface area contributed by atoms with Crippen molar-refractivity contribution in [3.05, 3.63) is 53.7 Å². The van der Waals surface area contributed by atoms with E-state index in [2.05, 4.69) is 26.9 Å². The number of imidazole rings is 1. The first-order valence-electron chi connectivity index (χ1n) is 11.1. The lowest BCUT2D eigenvalue weighted by Gasteiger charge is -2.18. The Morgan fingerprint density at radius 3 is 2.65 bits per heavy atom. The Labute approximate surface area is 196 Å². The third-order valence-electron chi connectivity index (χ3n) is 5.82. The van der Waals surface area contributed by atoms with Crippen molar-refractivity contribution in [2.75, 3.05) is 20.3 Å². The van der Waals surface area contributed by atoms with Crippen molar-refractivity contribution in [2.24, 2.45) is 5.92 Å². The number of aromatic amines is 1. The van der Waals surface area contributed by atoms with E-state index in [1.165, 1.54) is 12.1 Å². The fourth-order valence-corrected chi connectivity index (χ4v) is 3.64. The monoisotopic (exact) mass is 470 g/mol. The van der Waals surface area contributed by atoms with Gasteiger partial charge in [0.05, 0.1) is 18.0 Å². The number of hydrogen-bond acceptors (Lipinski definition) is 6. The maximum absolute atomic E-state index is 14.7. The molecule has 3 aromatic heterocycles. The lowest BCUT2D eigenvalue weighted by Crippen LogP contribution is -2.23. The molecular weight excluding hydrogens is 442 g/mol. The van der Waals surface area contributed by atoms with Gasteiger partial charge in [0.25, 0.3) is 0 Å². The predicted octanol–water partition coefficient (Wildman–Crippen LogP) is 5.04. The summed E-state index contributed by atoms with van der Waals surface area (Å²) >= 11 is 0. The molecule has 4 rings (SSSR count). The largest absolute Gasteiger partial charge is 0.422 e. The predicted molar refractivity (Wildman–Crippen MR) is 124 cm³/mol. The molecule has 0 spiro atoms. The summed E-state index contributed by atoms with van der Waals surface area (Å²) in [7, 11) is 1.67. The number of fused-ring (bicyclic) bond motifs is 1. The zero-order chi connectivity index (χ0) is 24.5. The van der Waals surface area contributed by atoms with Gasteiger partial charge in [0.2, 0.25) is 5.71 Å². The van der Waals surface area contributed by atoms with Crippen LogP contribution in [0.3, 0.4) is 0 Å². The number of oxazole rings is 1. The number of ether oxygens (including phenoxy) is 1. The van der Waals surface area contributed by atoms with Crippen LogP contribution in [0.5, 0.6) is 0 Å². The molecule has 4 aromatic rings. The summed E-state index contributed by atoms with van der Waals surface area (Å²) in [6.45, 7) is 6.21. The third kappa shape index (κ3) is 4.85. The van der Waals surface area contributed by atoms with Crippen molar-refractivity contribution in [1.29, 1.82) is 0 Å². The zero-order valence-corrected chi connectivity index (χ0v) is 19.7. The van der Waals surface area contributed by atoms with E-state index < -0.39 is 17.0 Å². The van der Waals surface area contributed by atoms with Crippen LogP contribution < -0.4 is 0 Å². The molecule has 180 valence electrons. The highest BCUT2D eigenvalue weighted by Crippen LogP contribution is 2.35. The fraction of sp³-hybridized carbons (Fsp3) is 0.400. The number of hydrogen-bond donors (Lipinski definition) is 2. The van der Waals surface area contributed by atoms with Gasteiger partial charge in [-0.15, -0.1) is 0 Å². The first-order chi connectivity index (χ1) is 16.2. The number of benzene rings is 1. The van der Waals surface area contributed by atoms with Gasteiger partial charge in [-0.1, -0.05) is 20.8 Å². The number of aromatic nitrogens is 4. The Kier molecular flexibility index (Phi) is 6.77. The van der Waals surface area contributed by atoms with E-state index in [1.54, 1.807) is 19.2 Å². The molecule has 34 heavy (non-hydrogen) atoms. The fourth-order valence-electron chi connectivity index (χ4n) is 3.64. The highest BCUT2D eigenvalue weighted by Gasteiger charge is 2.28. The Morgan fingerprint density at radius 2 is 1.94 bits per heavy atom. The lowest BCUT2D eigenvalue weighted by atomic mass is 9.94. The number of nitrogens with one attached hydrogen (secondary N) is 1. The van der Waals surface area contributed by atoms with E-state index in [4.69, 9.17) is 9.15 Å². The van der Waals surface area contributed by atoms with Crippen LogP contribution >= 0.6 is 0 Å². The molecule has 1 atom stereocenters. The summed E-state index contributed by atoms with van der Waals surface area (Å²) in [5, 5.41) is 9.82. The number of aliphatic hydroxyl groups is 1. The van der Waals surface area contributed by atoms with Gasteiger partial charge in [0.1, 0.15) is 28.7 Å². The minimum atomic E-state index is -0.741. The minimum absolute atomic E-state index is 0.125. The van der Waals surface area contributed by atoms with Crippen LogP contribution in [0.4, 0.5) is 8.78 Å². The molecule has 0 saturated carbocycles. The first kappa shape index (κ1) is 24.0. The molecule has 0 amide bonds. The second kappa shape index (κ2) is 9.60. The zero-order valence-electron chi connectivity index (χ0n) is 19.7. The molecule has 0 unspecified atom stereocenters. The standard InChI is InChI=1S/C25H28F2N4O3/c1-14(9-10-33-4)11-20-28-19-8-7-18(29-23(19)34-20)22-21(16-6-5-15(26)12-17(16)27)30-24(31-22)25(2,3)13-32/h5-8,12,14,32H,9-11,13H2,1-4H3,(H,30,31)/t14-/m1/s1. The molecule has 0 aliphatic carbocycles. The van der Waals surface area contributed by atoms with Crippen LogP contribution in [0.1, 0.15) is 38.9 Å². The van der Waals surface area contributed by atoms with Gasteiger partial charge in [-0.3, -0.25) is 0 Å². The maximum Gasteiger partial charge on any atom is 0.247 e. The molecule has 0 bridgehead atoms. The van der Waals surface area contributed by atoms with Crippen molar-refractivity contribution in [3.63, 3.8) is 0 Å². The van der Waals surface area contributed by atoms with Crippen LogP contribution in [0.15, 0.2) is 34.7 Å². The van der Waals surface area contributed by atoms with Gasteiger partial charge in [-0.25, -0.2) is 23.7 Å². The molecule has 1 aromatic carbocycles. The van der Waals surface area contributed by atoms with Crippen molar-refractivity contribution in [1.82, 2.24) is 19.9 Å². The number of H-pyrrole nitrogens is 1. The van der Waals surface area contributed by atoms with Gasteiger partial charge in [-0.05, 0) is 36.6 Å². The van der Waals surface area contributed by atoms with Crippen LogP contribution in [0.2, 0.25) is 0 Å². The quantitative estimate of drug-likeness (QED) is 0.356. The van der Waals surface area contributed by atoms with E-state index in [-0.39, 0.29) is 17.9 Å². The SMILES string of the molecule is COCC[C@@H](C)Cc1nc2ccc(-c3[nH]c(C(C)(C)CO)nc3-c3ccc(F)cc3F)nc2o1. The summed E-state index contributed by atoms with van der Waals surface area (Å²) in [4.78, 5) is 16.9. The average Bonchev–Trinajstić information content (AvgIpc) is 3.41. The van der Waals surface area contributed by atoms with Crippen molar-refractivity contribution in [2.45, 2.75) is 39.0 Å². The number of nitrogens with zero attached hydrogens (tertiary/aromatic N) is 3. The summed E-state index contributed by atoms with van der Waals surface area (Å²) in [5.41, 5.74) is 1.56. The van der Waals surface area contributed by atoms with Gasteiger partial charge >= 0.3 is 0 Å². The molecule has 0 saturated heterocycles. The molecule has 3 heterocycles. The first-order valence-corrected chi connectivity index (χ1v) is 11.1. The molecule has 7 nitrogen and oxygen atoms in total. The molecular formula is C25H28F2N4O3. The summed E-state index contributed by atoms with van der Waals surface area (Å²) in [6.07, 6.45) is 1.54. The van der Waals surface area contributed by atoms with E-state index in [1.807, 2.05) is 13.8 Å². The second-order valence-electron chi connectivity index (χ2n) is 9.19. The van der Waals surface area contributed by atoms with Crippen LogP contribution in [0, 0.1) is 17.6 Å². The summed E-state index contributed by atoms with van der Waals surface area (Å²) < 4.78 is 39.3. The van der Waals surface area contributed by atoms with Crippen LogP contribution in [-0.4, -0.2) is 45.4 Å². The maximum atomic E-state index is 14.7. The average molecular weight is 471 g/mol. The van der Waals surface area contributed by atoms with Crippen molar-refractivity contribution in [3.8, 4) is 22.6 Å². The van der Waals surface area contributed by atoms with Crippen LogP contribution in [0.25, 0.3) is 33.9 Å². The number of rotatable bonds is 9. The minimum Gasteiger partial charge on any atom is -0.422 e. The molecule has 0 fully saturated rings. The van der Waals surface area contributed by atoms with Gasteiger partial charge in [0.15, 0.2) is 5.89 Å². The molecule has 2 N–H and O–H groups in total. The topological polar surface area (TPSA) is 97.1 Å². The van der Waals surface area contributed by atoms with Crippen LogP contribution in [-0.2, 0) is 16.6 Å².